The molecule has 1 rings (SSSR count). The van der Waals surface area contributed by atoms with E-state index in [0.29, 0.717) is 12.0 Å². The zero-order chi connectivity index (χ0) is 11.6. The predicted molar refractivity (Wildman–Crippen MR) is 59.9 cm³/mol. The van der Waals surface area contributed by atoms with E-state index < -0.39 is 5.97 Å². The molecule has 0 saturated carbocycles. The number of aliphatic carboxylic acids is 1. The van der Waals surface area contributed by atoms with Crippen LogP contribution in [0.4, 0.5) is 0 Å². The Kier molecular flexibility index (Phi) is 3.73. The van der Waals surface area contributed by atoms with E-state index in [9.17, 15) is 4.79 Å². The lowest BCUT2D eigenvalue weighted by atomic mass is 9.84. The fourth-order valence-electron chi connectivity index (χ4n) is 2.07. The number of hydrogen-bond donors (Lipinski definition) is 2. The number of likely N-dealkylation sites (N-methyl/N-ethyl adjacent to an activating group) is 1. The van der Waals surface area contributed by atoms with Gasteiger partial charge in [-0.1, -0.05) is 13.8 Å². The summed E-state index contributed by atoms with van der Waals surface area (Å²) in [6.45, 7) is 8.07. The first-order valence-corrected chi connectivity index (χ1v) is 5.54. The van der Waals surface area contributed by atoms with Gasteiger partial charge < -0.3 is 10.4 Å². The molecule has 0 amide bonds. The van der Waals surface area contributed by atoms with Crippen molar-refractivity contribution in [2.24, 2.45) is 5.92 Å². The molecule has 2 N–H and O–H groups in total. The SMILES string of the molecule is CC(C)C(C)N(C)C1(CC(=O)O)CNC1. The van der Waals surface area contributed by atoms with Crippen LogP contribution in [0, 0.1) is 5.92 Å². The second-order valence-electron chi connectivity index (χ2n) is 4.99. The molecule has 1 fully saturated rings. The first kappa shape index (κ1) is 12.5. The minimum Gasteiger partial charge on any atom is -0.481 e. The first-order chi connectivity index (χ1) is 6.89. The fourth-order valence-corrected chi connectivity index (χ4v) is 2.07. The second-order valence-corrected chi connectivity index (χ2v) is 4.99. The Morgan fingerprint density at radius 2 is 2.00 bits per heavy atom. The molecule has 0 radical (unpaired) electrons. The molecule has 88 valence electrons. The maximum atomic E-state index is 10.9. The van der Waals surface area contributed by atoms with Gasteiger partial charge in [-0.05, 0) is 19.9 Å². The standard InChI is InChI=1S/C11H22N2O2/c1-8(2)9(3)13(4)11(5-10(14)15)6-12-7-11/h8-9,12H,5-7H2,1-4H3,(H,14,15). The molecule has 0 aromatic heterocycles. The van der Waals surface area contributed by atoms with Gasteiger partial charge >= 0.3 is 5.97 Å². The van der Waals surface area contributed by atoms with Crippen molar-refractivity contribution in [3.05, 3.63) is 0 Å². The highest BCUT2D eigenvalue weighted by molar-refractivity contribution is 5.68. The number of carboxylic acids is 1. The van der Waals surface area contributed by atoms with E-state index in [1.54, 1.807) is 0 Å². The lowest BCUT2D eigenvalue weighted by Gasteiger charge is -2.51. The summed E-state index contributed by atoms with van der Waals surface area (Å²) in [6.07, 6.45) is 0.230. The smallest absolute Gasteiger partial charge is 0.305 e. The Morgan fingerprint density at radius 3 is 2.27 bits per heavy atom. The fraction of sp³-hybridized carbons (Fsp3) is 0.909. The van der Waals surface area contributed by atoms with E-state index in [1.165, 1.54) is 0 Å². The maximum Gasteiger partial charge on any atom is 0.305 e. The number of nitrogens with one attached hydrogen (secondary N) is 1. The Morgan fingerprint density at radius 1 is 1.47 bits per heavy atom. The Labute approximate surface area is 91.6 Å². The molecule has 4 heteroatoms. The average Bonchev–Trinajstić information content (AvgIpc) is 2.08. The number of carboxylic acid groups (broad SMARTS) is 1. The number of nitrogens with zero attached hydrogens (tertiary/aromatic N) is 1. The third kappa shape index (κ3) is 2.49. The number of rotatable bonds is 5. The van der Waals surface area contributed by atoms with E-state index in [2.05, 4.69) is 31.0 Å². The lowest BCUT2D eigenvalue weighted by molar-refractivity contribution is -0.142. The van der Waals surface area contributed by atoms with Crippen molar-refractivity contribution < 1.29 is 9.90 Å². The van der Waals surface area contributed by atoms with Crippen LogP contribution in [0.1, 0.15) is 27.2 Å². The highest BCUT2D eigenvalue weighted by atomic mass is 16.4. The van der Waals surface area contributed by atoms with Crippen molar-refractivity contribution in [2.45, 2.75) is 38.8 Å². The van der Waals surface area contributed by atoms with Crippen LogP contribution in [0.2, 0.25) is 0 Å². The van der Waals surface area contributed by atoms with Gasteiger partial charge in [0, 0.05) is 19.1 Å². The summed E-state index contributed by atoms with van der Waals surface area (Å²) in [7, 11) is 2.04. The van der Waals surface area contributed by atoms with Gasteiger partial charge in [-0.25, -0.2) is 0 Å². The van der Waals surface area contributed by atoms with Crippen molar-refractivity contribution in [2.75, 3.05) is 20.1 Å². The van der Waals surface area contributed by atoms with Crippen LogP contribution in [0.3, 0.4) is 0 Å². The van der Waals surface area contributed by atoms with Gasteiger partial charge in [-0.2, -0.15) is 0 Å². The molecule has 1 aliphatic rings. The van der Waals surface area contributed by atoms with Crippen LogP contribution in [0.15, 0.2) is 0 Å². The average molecular weight is 214 g/mol. The van der Waals surface area contributed by atoms with Crippen molar-refractivity contribution in [3.8, 4) is 0 Å². The molecule has 1 atom stereocenters. The first-order valence-electron chi connectivity index (χ1n) is 5.54. The molecule has 1 heterocycles. The van der Waals surface area contributed by atoms with E-state index in [-0.39, 0.29) is 12.0 Å². The highest BCUT2D eigenvalue weighted by Gasteiger charge is 2.44. The van der Waals surface area contributed by atoms with Gasteiger partial charge in [0.05, 0.1) is 12.0 Å². The van der Waals surface area contributed by atoms with Crippen LogP contribution in [-0.4, -0.2) is 47.7 Å². The van der Waals surface area contributed by atoms with Gasteiger partial charge in [-0.15, -0.1) is 0 Å². The van der Waals surface area contributed by atoms with Gasteiger partial charge in [0.25, 0.3) is 0 Å². The minimum atomic E-state index is -0.709. The molecular weight excluding hydrogens is 192 g/mol. The molecular formula is C11H22N2O2. The quantitative estimate of drug-likeness (QED) is 0.710. The highest BCUT2D eigenvalue weighted by Crippen LogP contribution is 2.27. The number of carbonyl (C=O) groups is 1. The van der Waals surface area contributed by atoms with Crippen molar-refractivity contribution in [1.82, 2.24) is 10.2 Å². The van der Waals surface area contributed by atoms with Gasteiger partial charge in [-0.3, -0.25) is 9.69 Å². The van der Waals surface area contributed by atoms with E-state index in [4.69, 9.17) is 5.11 Å². The molecule has 4 nitrogen and oxygen atoms in total. The zero-order valence-corrected chi connectivity index (χ0v) is 10.1. The summed E-state index contributed by atoms with van der Waals surface area (Å²) in [5, 5.41) is 12.1. The van der Waals surface area contributed by atoms with Gasteiger partial charge in [0.1, 0.15) is 0 Å². The summed E-state index contributed by atoms with van der Waals surface area (Å²) in [5.41, 5.74) is -0.171. The van der Waals surface area contributed by atoms with Crippen LogP contribution in [-0.2, 0) is 4.79 Å². The molecule has 1 aliphatic heterocycles. The summed E-state index contributed by atoms with van der Waals surface area (Å²) in [6, 6.07) is 0.409. The van der Waals surface area contributed by atoms with Crippen molar-refractivity contribution in [3.63, 3.8) is 0 Å². The van der Waals surface area contributed by atoms with E-state index >= 15 is 0 Å². The zero-order valence-electron chi connectivity index (χ0n) is 10.1. The van der Waals surface area contributed by atoms with E-state index in [1.807, 2.05) is 7.05 Å². The van der Waals surface area contributed by atoms with Crippen molar-refractivity contribution in [1.29, 1.82) is 0 Å². The molecule has 0 aliphatic carbocycles. The number of hydrogen-bond acceptors (Lipinski definition) is 3. The van der Waals surface area contributed by atoms with Crippen LogP contribution in [0.25, 0.3) is 0 Å². The molecule has 0 aromatic rings. The Bertz CT molecular complexity index is 237. The van der Waals surface area contributed by atoms with Crippen molar-refractivity contribution >= 4 is 5.97 Å². The Hall–Kier alpha value is -0.610. The minimum absolute atomic E-state index is 0.171. The topological polar surface area (TPSA) is 52.6 Å². The predicted octanol–water partition coefficient (Wildman–Crippen LogP) is 0.779. The molecule has 0 spiro atoms. The summed E-state index contributed by atoms with van der Waals surface area (Å²) < 4.78 is 0. The third-order valence-electron chi connectivity index (χ3n) is 3.71. The molecule has 1 unspecified atom stereocenters. The summed E-state index contributed by atoms with van der Waals surface area (Å²) in [4.78, 5) is 13.1. The summed E-state index contributed by atoms with van der Waals surface area (Å²) >= 11 is 0. The van der Waals surface area contributed by atoms with E-state index in [0.717, 1.165) is 13.1 Å². The van der Waals surface area contributed by atoms with Crippen LogP contribution >= 0.6 is 0 Å². The normalized spacial score (nSPS) is 21.5. The molecule has 1 saturated heterocycles. The van der Waals surface area contributed by atoms with Gasteiger partial charge in [0.2, 0.25) is 0 Å². The lowest BCUT2D eigenvalue weighted by Crippen LogP contribution is -2.70. The molecule has 0 aromatic carbocycles. The molecule has 0 bridgehead atoms. The Balaban J connectivity index is 2.68. The summed E-state index contributed by atoms with van der Waals surface area (Å²) in [5.74, 6) is -0.166. The second kappa shape index (κ2) is 4.49. The third-order valence-corrected chi connectivity index (χ3v) is 3.71. The molecule has 15 heavy (non-hydrogen) atoms. The maximum absolute atomic E-state index is 10.9. The van der Waals surface area contributed by atoms with Crippen LogP contribution in [0.5, 0.6) is 0 Å². The largest absolute Gasteiger partial charge is 0.481 e. The monoisotopic (exact) mass is 214 g/mol. The van der Waals surface area contributed by atoms with Crippen LogP contribution < -0.4 is 5.32 Å². The van der Waals surface area contributed by atoms with Gasteiger partial charge in [0.15, 0.2) is 0 Å².